The zero-order valence-corrected chi connectivity index (χ0v) is 10.2. The number of ether oxygens (including phenoxy) is 1. The van der Waals surface area contributed by atoms with E-state index < -0.39 is 0 Å². The molecule has 0 aromatic carbocycles. The van der Waals surface area contributed by atoms with Gasteiger partial charge in [-0.1, -0.05) is 19.3 Å². The molecule has 0 aromatic heterocycles. The number of aliphatic hydroxyl groups is 1. The fourth-order valence-corrected chi connectivity index (χ4v) is 2.88. The molecule has 2 aliphatic rings. The molecule has 94 valence electrons. The maximum atomic E-state index is 9.63. The molecular formula is C13H25NO2. The smallest absolute Gasteiger partial charge is 0.0693 e. The Morgan fingerprint density at radius 1 is 1.00 bits per heavy atom. The molecule has 3 heteroatoms. The fourth-order valence-electron chi connectivity index (χ4n) is 2.88. The van der Waals surface area contributed by atoms with Crippen molar-refractivity contribution in [3.63, 3.8) is 0 Å². The third-order valence-corrected chi connectivity index (χ3v) is 3.89. The first-order valence-corrected chi connectivity index (χ1v) is 6.89. The van der Waals surface area contributed by atoms with Gasteiger partial charge in [-0.15, -0.1) is 0 Å². The Morgan fingerprint density at radius 3 is 2.50 bits per heavy atom. The minimum absolute atomic E-state index is 0.130. The van der Waals surface area contributed by atoms with Crippen LogP contribution in [0, 0.1) is 0 Å². The van der Waals surface area contributed by atoms with Gasteiger partial charge in [0.1, 0.15) is 0 Å². The predicted octanol–water partition coefficient (Wildman–Crippen LogP) is 1.84. The molecule has 0 heterocycles. The van der Waals surface area contributed by atoms with Gasteiger partial charge in [0.2, 0.25) is 0 Å². The summed E-state index contributed by atoms with van der Waals surface area (Å²) >= 11 is 0. The molecule has 2 rings (SSSR count). The summed E-state index contributed by atoms with van der Waals surface area (Å²) in [5.74, 6) is 0. The molecule has 0 aromatic rings. The van der Waals surface area contributed by atoms with Crippen LogP contribution in [0.1, 0.15) is 51.4 Å². The van der Waals surface area contributed by atoms with Gasteiger partial charge in [-0.3, -0.25) is 0 Å². The van der Waals surface area contributed by atoms with E-state index in [1.54, 1.807) is 0 Å². The van der Waals surface area contributed by atoms with Gasteiger partial charge < -0.3 is 15.2 Å². The van der Waals surface area contributed by atoms with E-state index in [0.717, 1.165) is 32.4 Å². The normalized spacial score (nSPS) is 32.1. The average Bonchev–Trinajstić information content (AvgIpc) is 2.72. The van der Waals surface area contributed by atoms with Crippen LogP contribution in [0.2, 0.25) is 0 Å². The van der Waals surface area contributed by atoms with E-state index in [2.05, 4.69) is 5.32 Å². The molecule has 0 spiro atoms. The summed E-state index contributed by atoms with van der Waals surface area (Å²) in [6, 6.07) is 0.315. The van der Waals surface area contributed by atoms with Crippen molar-refractivity contribution in [2.75, 3.05) is 13.2 Å². The standard InChI is InChI=1S/C13H25NO2/c15-13-8-4-7-12(13)14-9-10-16-11-5-2-1-3-6-11/h11-15H,1-10H2/t12-,13-/m0/s1. The first kappa shape index (κ1) is 12.3. The molecule has 0 bridgehead atoms. The summed E-state index contributed by atoms with van der Waals surface area (Å²) in [6.07, 6.45) is 10.1. The van der Waals surface area contributed by atoms with Crippen molar-refractivity contribution >= 4 is 0 Å². The first-order valence-electron chi connectivity index (χ1n) is 6.89. The van der Waals surface area contributed by atoms with Crippen LogP contribution in [0.3, 0.4) is 0 Å². The molecular weight excluding hydrogens is 202 g/mol. The second-order valence-electron chi connectivity index (χ2n) is 5.19. The van der Waals surface area contributed by atoms with Crippen molar-refractivity contribution < 1.29 is 9.84 Å². The van der Waals surface area contributed by atoms with Crippen LogP contribution in [-0.2, 0) is 4.74 Å². The van der Waals surface area contributed by atoms with Gasteiger partial charge in [-0.05, 0) is 32.1 Å². The lowest BCUT2D eigenvalue weighted by atomic mass is 9.98. The van der Waals surface area contributed by atoms with Gasteiger partial charge in [-0.25, -0.2) is 0 Å². The lowest BCUT2D eigenvalue weighted by Gasteiger charge is -2.23. The maximum Gasteiger partial charge on any atom is 0.0693 e. The topological polar surface area (TPSA) is 41.5 Å². The fraction of sp³-hybridized carbons (Fsp3) is 1.00. The highest BCUT2D eigenvalue weighted by Gasteiger charge is 2.24. The zero-order valence-electron chi connectivity index (χ0n) is 10.2. The minimum Gasteiger partial charge on any atom is -0.392 e. The molecule has 2 aliphatic carbocycles. The summed E-state index contributed by atoms with van der Waals surface area (Å²) < 4.78 is 5.83. The van der Waals surface area contributed by atoms with Gasteiger partial charge in [0.25, 0.3) is 0 Å². The van der Waals surface area contributed by atoms with E-state index in [4.69, 9.17) is 4.74 Å². The van der Waals surface area contributed by atoms with Crippen LogP contribution in [0.4, 0.5) is 0 Å². The second-order valence-corrected chi connectivity index (χ2v) is 5.19. The molecule has 0 radical (unpaired) electrons. The summed E-state index contributed by atoms with van der Waals surface area (Å²) in [4.78, 5) is 0. The van der Waals surface area contributed by atoms with Crippen LogP contribution in [-0.4, -0.2) is 36.5 Å². The van der Waals surface area contributed by atoms with Gasteiger partial charge in [0.05, 0.1) is 18.8 Å². The Bertz CT molecular complexity index is 192. The van der Waals surface area contributed by atoms with Crippen LogP contribution in [0.5, 0.6) is 0 Å². The van der Waals surface area contributed by atoms with Crippen molar-refractivity contribution in [2.24, 2.45) is 0 Å². The van der Waals surface area contributed by atoms with E-state index in [1.807, 2.05) is 0 Å². The average molecular weight is 227 g/mol. The molecule has 3 nitrogen and oxygen atoms in total. The van der Waals surface area contributed by atoms with Crippen molar-refractivity contribution in [1.29, 1.82) is 0 Å². The lowest BCUT2D eigenvalue weighted by molar-refractivity contribution is 0.0275. The van der Waals surface area contributed by atoms with E-state index in [-0.39, 0.29) is 6.10 Å². The molecule has 0 amide bonds. The highest BCUT2D eigenvalue weighted by Crippen LogP contribution is 2.20. The minimum atomic E-state index is -0.130. The lowest BCUT2D eigenvalue weighted by Crippen LogP contribution is -2.38. The van der Waals surface area contributed by atoms with Crippen LogP contribution in [0.25, 0.3) is 0 Å². The van der Waals surface area contributed by atoms with Crippen molar-refractivity contribution in [3.05, 3.63) is 0 Å². The largest absolute Gasteiger partial charge is 0.392 e. The predicted molar refractivity (Wildman–Crippen MR) is 64.5 cm³/mol. The van der Waals surface area contributed by atoms with Crippen LogP contribution >= 0.6 is 0 Å². The first-order chi connectivity index (χ1) is 7.86. The van der Waals surface area contributed by atoms with E-state index >= 15 is 0 Å². The number of aliphatic hydroxyl groups excluding tert-OH is 1. The molecule has 0 aliphatic heterocycles. The number of hydrogen-bond donors (Lipinski definition) is 2. The van der Waals surface area contributed by atoms with E-state index in [1.165, 1.54) is 32.1 Å². The summed E-state index contributed by atoms with van der Waals surface area (Å²) in [7, 11) is 0. The molecule has 2 atom stereocenters. The van der Waals surface area contributed by atoms with Crippen LogP contribution < -0.4 is 5.32 Å². The van der Waals surface area contributed by atoms with E-state index in [0.29, 0.717) is 12.1 Å². The Morgan fingerprint density at radius 2 is 1.81 bits per heavy atom. The van der Waals surface area contributed by atoms with E-state index in [9.17, 15) is 5.11 Å². The Balaban J connectivity index is 1.51. The molecule has 0 saturated heterocycles. The molecule has 2 fully saturated rings. The highest BCUT2D eigenvalue weighted by molar-refractivity contribution is 4.82. The zero-order chi connectivity index (χ0) is 11.2. The second kappa shape index (κ2) is 6.58. The quantitative estimate of drug-likeness (QED) is 0.704. The van der Waals surface area contributed by atoms with Crippen molar-refractivity contribution in [2.45, 2.75) is 69.6 Å². The van der Waals surface area contributed by atoms with Gasteiger partial charge in [0, 0.05) is 12.6 Å². The molecule has 16 heavy (non-hydrogen) atoms. The maximum absolute atomic E-state index is 9.63. The SMILES string of the molecule is O[C@H]1CCC[C@@H]1NCCOC1CCCCC1. The molecule has 2 N–H and O–H groups in total. The van der Waals surface area contributed by atoms with Crippen molar-refractivity contribution in [1.82, 2.24) is 5.32 Å². The van der Waals surface area contributed by atoms with Gasteiger partial charge >= 0.3 is 0 Å². The van der Waals surface area contributed by atoms with Crippen LogP contribution in [0.15, 0.2) is 0 Å². The Hall–Kier alpha value is -0.120. The third-order valence-electron chi connectivity index (χ3n) is 3.89. The van der Waals surface area contributed by atoms with Crippen molar-refractivity contribution in [3.8, 4) is 0 Å². The van der Waals surface area contributed by atoms with Gasteiger partial charge in [-0.2, -0.15) is 0 Å². The molecule has 0 unspecified atom stereocenters. The number of rotatable bonds is 5. The monoisotopic (exact) mass is 227 g/mol. The third kappa shape index (κ3) is 3.72. The number of nitrogens with one attached hydrogen (secondary N) is 1. The summed E-state index contributed by atoms with van der Waals surface area (Å²) in [6.45, 7) is 1.69. The Labute approximate surface area is 98.6 Å². The highest BCUT2D eigenvalue weighted by atomic mass is 16.5. The summed E-state index contributed by atoms with van der Waals surface area (Å²) in [5, 5.41) is 13.0. The summed E-state index contributed by atoms with van der Waals surface area (Å²) in [5.41, 5.74) is 0. The Kier molecular flexibility index (Phi) is 5.07. The molecule has 2 saturated carbocycles. The van der Waals surface area contributed by atoms with Gasteiger partial charge in [0.15, 0.2) is 0 Å². The number of hydrogen-bond acceptors (Lipinski definition) is 3.